The van der Waals surface area contributed by atoms with E-state index in [2.05, 4.69) is 5.32 Å². The third-order valence-corrected chi connectivity index (χ3v) is 3.86. The Morgan fingerprint density at radius 3 is 2.90 bits per heavy atom. The fraction of sp³-hybridized carbons (Fsp3) is 0.533. The van der Waals surface area contributed by atoms with Gasteiger partial charge in [-0.05, 0) is 44.4 Å². The van der Waals surface area contributed by atoms with Crippen LogP contribution >= 0.6 is 0 Å². The number of carbonyl (C=O) groups is 1. The van der Waals surface area contributed by atoms with Gasteiger partial charge in [-0.3, -0.25) is 9.69 Å². The molecule has 116 valence electrons. The first kappa shape index (κ1) is 15.9. The molecule has 6 heteroatoms. The molecule has 0 bridgehead atoms. The third-order valence-electron chi connectivity index (χ3n) is 3.86. The fourth-order valence-electron chi connectivity index (χ4n) is 2.64. The molecule has 2 rings (SSSR count). The second-order valence-corrected chi connectivity index (χ2v) is 5.67. The molecule has 0 radical (unpaired) electrons. The van der Waals surface area contributed by atoms with Crippen LogP contribution in [0.3, 0.4) is 0 Å². The Labute approximate surface area is 123 Å². The van der Waals surface area contributed by atoms with Crippen molar-refractivity contribution in [3.63, 3.8) is 0 Å². The summed E-state index contributed by atoms with van der Waals surface area (Å²) in [5, 5.41) is 2.58. The molecule has 21 heavy (non-hydrogen) atoms. The van der Waals surface area contributed by atoms with Gasteiger partial charge in [0.15, 0.2) is 11.6 Å². The summed E-state index contributed by atoms with van der Waals surface area (Å²) in [4.78, 5) is 14.0. The summed E-state index contributed by atoms with van der Waals surface area (Å²) in [5.41, 5.74) is 6.17. The molecule has 1 aromatic rings. The number of hydrogen-bond acceptors (Lipinski definition) is 3. The number of hydrogen-bond donors (Lipinski definition) is 2. The summed E-state index contributed by atoms with van der Waals surface area (Å²) in [6, 6.07) is 3.44. The van der Waals surface area contributed by atoms with Gasteiger partial charge in [0, 0.05) is 24.3 Å². The van der Waals surface area contributed by atoms with Crippen molar-refractivity contribution in [1.29, 1.82) is 0 Å². The summed E-state index contributed by atoms with van der Waals surface area (Å²) in [7, 11) is 0. The van der Waals surface area contributed by atoms with E-state index in [0.29, 0.717) is 5.92 Å². The average molecular weight is 297 g/mol. The van der Waals surface area contributed by atoms with Crippen molar-refractivity contribution in [3.8, 4) is 0 Å². The van der Waals surface area contributed by atoms with E-state index in [-0.39, 0.29) is 24.2 Å². The van der Waals surface area contributed by atoms with Crippen LogP contribution in [0, 0.1) is 17.6 Å². The van der Waals surface area contributed by atoms with E-state index in [9.17, 15) is 13.6 Å². The van der Waals surface area contributed by atoms with E-state index < -0.39 is 11.6 Å². The number of benzene rings is 1. The van der Waals surface area contributed by atoms with Gasteiger partial charge in [-0.1, -0.05) is 0 Å². The molecule has 0 aliphatic carbocycles. The van der Waals surface area contributed by atoms with Crippen LogP contribution in [0.15, 0.2) is 18.2 Å². The molecule has 4 nitrogen and oxygen atoms in total. The zero-order valence-electron chi connectivity index (χ0n) is 12.1. The minimum absolute atomic E-state index is 0.113. The molecule has 0 aromatic heterocycles. The molecule has 2 atom stereocenters. The summed E-state index contributed by atoms with van der Waals surface area (Å²) < 4.78 is 25.9. The van der Waals surface area contributed by atoms with Crippen molar-refractivity contribution in [3.05, 3.63) is 29.8 Å². The zero-order valence-corrected chi connectivity index (χ0v) is 12.1. The molecule has 1 aliphatic rings. The number of halogens is 2. The van der Waals surface area contributed by atoms with Crippen molar-refractivity contribution >= 4 is 11.6 Å². The van der Waals surface area contributed by atoms with E-state index >= 15 is 0 Å². The molecule has 1 fully saturated rings. The van der Waals surface area contributed by atoms with Crippen molar-refractivity contribution in [1.82, 2.24) is 4.90 Å². The van der Waals surface area contributed by atoms with Crippen LogP contribution in [0.25, 0.3) is 0 Å². The average Bonchev–Trinajstić information content (AvgIpc) is 2.43. The highest BCUT2D eigenvalue weighted by atomic mass is 19.2. The molecule has 1 aliphatic heterocycles. The van der Waals surface area contributed by atoms with Crippen LogP contribution in [0.1, 0.15) is 19.8 Å². The normalized spacial score (nSPS) is 21.0. The number of anilines is 1. The third kappa shape index (κ3) is 4.47. The largest absolute Gasteiger partial charge is 0.328 e. The van der Waals surface area contributed by atoms with E-state index in [1.54, 1.807) is 0 Å². The number of rotatable bonds is 4. The molecule has 1 aromatic carbocycles. The summed E-state index contributed by atoms with van der Waals surface area (Å²) in [5.74, 6) is -1.73. The van der Waals surface area contributed by atoms with Crippen LogP contribution < -0.4 is 11.1 Å². The topological polar surface area (TPSA) is 58.4 Å². The first-order valence-corrected chi connectivity index (χ1v) is 7.18. The number of piperidine rings is 1. The van der Waals surface area contributed by atoms with Crippen LogP contribution in [0.4, 0.5) is 14.5 Å². The van der Waals surface area contributed by atoms with Crippen LogP contribution in [-0.2, 0) is 4.79 Å². The van der Waals surface area contributed by atoms with E-state index in [1.807, 2.05) is 11.8 Å². The number of nitrogens with two attached hydrogens (primary N) is 1. The van der Waals surface area contributed by atoms with Gasteiger partial charge in [-0.25, -0.2) is 8.78 Å². The van der Waals surface area contributed by atoms with Gasteiger partial charge < -0.3 is 11.1 Å². The maximum absolute atomic E-state index is 13.1. The SMILES string of the molecule is CC(N)C1CCCN(CC(=O)Nc2ccc(F)c(F)c2)C1. The van der Waals surface area contributed by atoms with Gasteiger partial charge in [-0.2, -0.15) is 0 Å². The van der Waals surface area contributed by atoms with Gasteiger partial charge in [0.2, 0.25) is 5.91 Å². The Hall–Kier alpha value is -1.53. The molecular weight excluding hydrogens is 276 g/mol. The Kier molecular flexibility index (Phi) is 5.25. The molecular formula is C15H21F2N3O. The van der Waals surface area contributed by atoms with Crippen molar-refractivity contribution < 1.29 is 13.6 Å². The fourth-order valence-corrected chi connectivity index (χ4v) is 2.64. The molecule has 0 saturated carbocycles. The van der Waals surface area contributed by atoms with E-state index in [4.69, 9.17) is 5.73 Å². The standard InChI is InChI=1S/C15H21F2N3O/c1-10(18)11-3-2-6-20(8-11)9-15(21)19-12-4-5-13(16)14(17)7-12/h4-5,7,10-11H,2-3,6,8-9,18H2,1H3,(H,19,21). The second-order valence-electron chi connectivity index (χ2n) is 5.67. The highest BCUT2D eigenvalue weighted by Crippen LogP contribution is 2.19. The van der Waals surface area contributed by atoms with Gasteiger partial charge in [0.1, 0.15) is 0 Å². The van der Waals surface area contributed by atoms with Gasteiger partial charge in [0.25, 0.3) is 0 Å². The van der Waals surface area contributed by atoms with Gasteiger partial charge in [0.05, 0.1) is 6.54 Å². The highest BCUT2D eigenvalue weighted by molar-refractivity contribution is 5.92. The monoisotopic (exact) mass is 297 g/mol. The molecule has 1 saturated heterocycles. The number of nitrogens with one attached hydrogen (secondary N) is 1. The number of carbonyl (C=O) groups excluding carboxylic acids is 1. The molecule has 3 N–H and O–H groups in total. The lowest BCUT2D eigenvalue weighted by atomic mass is 9.92. The maximum atomic E-state index is 13.1. The predicted octanol–water partition coefficient (Wildman–Crippen LogP) is 1.96. The van der Waals surface area contributed by atoms with Crippen molar-refractivity contribution in [2.45, 2.75) is 25.8 Å². The second kappa shape index (κ2) is 6.95. The minimum Gasteiger partial charge on any atom is -0.328 e. The highest BCUT2D eigenvalue weighted by Gasteiger charge is 2.23. The van der Waals surface area contributed by atoms with E-state index in [1.165, 1.54) is 6.07 Å². The quantitative estimate of drug-likeness (QED) is 0.893. The Bertz CT molecular complexity index is 508. The van der Waals surface area contributed by atoms with E-state index in [0.717, 1.165) is 38.1 Å². The van der Waals surface area contributed by atoms with Crippen molar-refractivity contribution in [2.24, 2.45) is 11.7 Å². The number of nitrogens with zero attached hydrogens (tertiary/aromatic N) is 1. The van der Waals surface area contributed by atoms with Crippen LogP contribution in [0.2, 0.25) is 0 Å². The summed E-state index contributed by atoms with van der Waals surface area (Å²) >= 11 is 0. The summed E-state index contributed by atoms with van der Waals surface area (Å²) in [6.45, 7) is 3.87. The van der Waals surface area contributed by atoms with Gasteiger partial charge in [-0.15, -0.1) is 0 Å². The predicted molar refractivity (Wildman–Crippen MR) is 77.8 cm³/mol. The number of amides is 1. The molecule has 2 unspecified atom stereocenters. The summed E-state index contributed by atoms with van der Waals surface area (Å²) in [6.07, 6.45) is 2.10. The lowest BCUT2D eigenvalue weighted by molar-refractivity contribution is -0.117. The Morgan fingerprint density at radius 1 is 1.48 bits per heavy atom. The first-order chi connectivity index (χ1) is 9.95. The van der Waals surface area contributed by atoms with Gasteiger partial charge >= 0.3 is 0 Å². The number of likely N-dealkylation sites (tertiary alicyclic amines) is 1. The molecule has 0 spiro atoms. The minimum atomic E-state index is -0.970. The first-order valence-electron chi connectivity index (χ1n) is 7.18. The Morgan fingerprint density at radius 2 is 2.24 bits per heavy atom. The lowest BCUT2D eigenvalue weighted by Crippen LogP contribution is -2.45. The maximum Gasteiger partial charge on any atom is 0.238 e. The zero-order chi connectivity index (χ0) is 15.4. The van der Waals surface area contributed by atoms with Crippen LogP contribution in [0.5, 0.6) is 0 Å². The van der Waals surface area contributed by atoms with Crippen molar-refractivity contribution in [2.75, 3.05) is 25.0 Å². The Balaban J connectivity index is 1.87. The smallest absolute Gasteiger partial charge is 0.238 e. The van der Waals surface area contributed by atoms with Crippen LogP contribution in [-0.4, -0.2) is 36.5 Å². The lowest BCUT2D eigenvalue weighted by Gasteiger charge is -2.34. The molecule has 1 heterocycles. The molecule has 1 amide bonds.